The predicted octanol–water partition coefficient (Wildman–Crippen LogP) is 3.53. The molecule has 5 nitrogen and oxygen atoms in total. The van der Waals surface area contributed by atoms with Gasteiger partial charge in [-0.15, -0.1) is 0 Å². The van der Waals surface area contributed by atoms with Crippen molar-refractivity contribution in [2.75, 3.05) is 31.1 Å². The number of nitrogens with zero attached hydrogens (tertiary/aromatic N) is 4. The quantitative estimate of drug-likeness (QED) is 0.747. The minimum Gasteiger partial charge on any atom is -0.370 e. The van der Waals surface area contributed by atoms with Crippen LogP contribution in [0.5, 0.6) is 0 Å². The summed E-state index contributed by atoms with van der Waals surface area (Å²) in [7, 11) is 0. The number of carbonyl (C=O) groups is 1. The Kier molecular flexibility index (Phi) is 5.00. The van der Waals surface area contributed by atoms with Crippen molar-refractivity contribution in [3.05, 3.63) is 58.6 Å². The van der Waals surface area contributed by atoms with E-state index >= 15 is 0 Å². The summed E-state index contributed by atoms with van der Waals surface area (Å²) < 4.78 is 2.03. The summed E-state index contributed by atoms with van der Waals surface area (Å²) in [6.07, 6.45) is 3.11. The Hall–Kier alpha value is -2.56. The van der Waals surface area contributed by atoms with E-state index in [2.05, 4.69) is 53.5 Å². The second-order valence-corrected chi connectivity index (χ2v) is 8.10. The van der Waals surface area contributed by atoms with Crippen LogP contribution in [0, 0.1) is 13.8 Å². The molecule has 0 spiro atoms. The maximum absolute atomic E-state index is 11.9. The zero-order valence-corrected chi connectivity index (χ0v) is 17.3. The molecule has 0 unspecified atom stereocenters. The van der Waals surface area contributed by atoms with E-state index in [1.807, 2.05) is 4.68 Å². The topological polar surface area (TPSA) is 41.4 Å². The fraction of sp³-hybridized carbons (Fsp3) is 0.478. The van der Waals surface area contributed by atoms with E-state index in [-0.39, 0.29) is 5.78 Å². The fourth-order valence-corrected chi connectivity index (χ4v) is 4.54. The van der Waals surface area contributed by atoms with Gasteiger partial charge < -0.3 is 9.80 Å². The number of rotatable bonds is 5. The maximum Gasteiger partial charge on any atom is 0.180 e. The third-order valence-electron chi connectivity index (χ3n) is 6.32. The van der Waals surface area contributed by atoms with E-state index in [1.165, 1.54) is 28.1 Å². The summed E-state index contributed by atoms with van der Waals surface area (Å²) in [5.74, 6) is 0.0738. The molecule has 1 aromatic heterocycles. The fourth-order valence-electron chi connectivity index (χ4n) is 4.54. The third kappa shape index (κ3) is 3.34. The Bertz CT molecular complexity index is 919. The van der Waals surface area contributed by atoms with Crippen LogP contribution in [0.25, 0.3) is 0 Å². The number of ketones is 1. The van der Waals surface area contributed by atoms with Crippen LogP contribution in [0.15, 0.2) is 30.5 Å². The molecule has 0 N–H and O–H groups in total. The number of aryl methyl sites for hydroxylation is 1. The molecule has 4 rings (SSSR count). The number of anilines is 1. The molecule has 1 aromatic carbocycles. The molecule has 1 fully saturated rings. The normalized spacial score (nSPS) is 16.4. The van der Waals surface area contributed by atoms with E-state index in [0.717, 1.165) is 51.1 Å². The first-order valence-electron chi connectivity index (χ1n) is 10.3. The van der Waals surface area contributed by atoms with Gasteiger partial charge in [0.05, 0.1) is 6.54 Å². The smallest absolute Gasteiger partial charge is 0.180 e. The summed E-state index contributed by atoms with van der Waals surface area (Å²) in [6.45, 7) is 15.0. The van der Waals surface area contributed by atoms with Crippen LogP contribution >= 0.6 is 0 Å². The standard InChI is InChI=1S/C23H30N4O/c1-16-7-5-9-21(18(16)3)26-13-11-25(12-14-26)17(2)15-27-22-10-6-8-20(22)23(24-27)19(4)28/h5,7,9H,2,6,8,10-15H2,1,3-4H3. The van der Waals surface area contributed by atoms with Crippen LogP contribution in [0.3, 0.4) is 0 Å². The molecule has 1 aliphatic carbocycles. The van der Waals surface area contributed by atoms with Gasteiger partial charge in [0.1, 0.15) is 5.69 Å². The zero-order valence-electron chi connectivity index (χ0n) is 17.3. The molecule has 148 valence electrons. The lowest BCUT2D eigenvalue weighted by molar-refractivity contribution is 0.101. The van der Waals surface area contributed by atoms with Gasteiger partial charge in [-0.25, -0.2) is 0 Å². The highest BCUT2D eigenvalue weighted by Gasteiger charge is 2.26. The van der Waals surface area contributed by atoms with Crippen LogP contribution in [0.1, 0.15) is 46.2 Å². The molecule has 5 heteroatoms. The van der Waals surface area contributed by atoms with Crippen molar-refractivity contribution in [1.82, 2.24) is 14.7 Å². The van der Waals surface area contributed by atoms with Crippen molar-refractivity contribution in [3.63, 3.8) is 0 Å². The van der Waals surface area contributed by atoms with Crippen molar-refractivity contribution < 1.29 is 4.79 Å². The molecule has 1 saturated heterocycles. The van der Waals surface area contributed by atoms with Crippen LogP contribution in [-0.4, -0.2) is 46.6 Å². The summed E-state index contributed by atoms with van der Waals surface area (Å²) in [5.41, 5.74) is 8.23. The van der Waals surface area contributed by atoms with Gasteiger partial charge in [0.15, 0.2) is 5.78 Å². The molecule has 2 aliphatic rings. The van der Waals surface area contributed by atoms with Crippen molar-refractivity contribution in [1.29, 1.82) is 0 Å². The average Bonchev–Trinajstić information content (AvgIpc) is 3.28. The van der Waals surface area contributed by atoms with Gasteiger partial charge >= 0.3 is 0 Å². The first kappa shape index (κ1) is 18.8. The van der Waals surface area contributed by atoms with Crippen molar-refractivity contribution in [2.24, 2.45) is 0 Å². The van der Waals surface area contributed by atoms with E-state index in [1.54, 1.807) is 6.92 Å². The Morgan fingerprint density at radius 2 is 1.89 bits per heavy atom. The number of allylic oxidation sites excluding steroid dienone is 1. The summed E-state index contributed by atoms with van der Waals surface area (Å²) >= 11 is 0. The number of hydrogen-bond donors (Lipinski definition) is 0. The highest BCUT2D eigenvalue weighted by Crippen LogP contribution is 2.27. The Balaban J connectivity index is 1.42. The third-order valence-corrected chi connectivity index (χ3v) is 6.32. The Morgan fingerprint density at radius 3 is 2.61 bits per heavy atom. The zero-order chi connectivity index (χ0) is 19.8. The van der Waals surface area contributed by atoms with E-state index in [4.69, 9.17) is 0 Å². The van der Waals surface area contributed by atoms with Gasteiger partial charge in [-0.3, -0.25) is 9.48 Å². The van der Waals surface area contributed by atoms with Crippen molar-refractivity contribution in [2.45, 2.75) is 46.6 Å². The summed E-state index contributed by atoms with van der Waals surface area (Å²) in [6, 6.07) is 6.55. The highest BCUT2D eigenvalue weighted by atomic mass is 16.1. The Morgan fingerprint density at radius 1 is 1.14 bits per heavy atom. The van der Waals surface area contributed by atoms with Gasteiger partial charge in [0.2, 0.25) is 0 Å². The van der Waals surface area contributed by atoms with E-state index < -0.39 is 0 Å². The number of fused-ring (bicyclic) bond motifs is 1. The molecule has 1 aliphatic heterocycles. The highest BCUT2D eigenvalue weighted by molar-refractivity contribution is 5.94. The lowest BCUT2D eigenvalue weighted by Gasteiger charge is -2.39. The predicted molar refractivity (Wildman–Crippen MR) is 113 cm³/mol. The SMILES string of the molecule is C=C(Cn1nc(C(C)=O)c2c1CCC2)N1CCN(c2cccc(C)c2C)CC1. The first-order chi connectivity index (χ1) is 13.5. The number of Topliss-reactive ketones (excluding diaryl/α,β-unsaturated/α-hetero) is 1. The molecule has 0 bridgehead atoms. The second kappa shape index (κ2) is 7.46. The van der Waals surface area contributed by atoms with Crippen LogP contribution < -0.4 is 4.90 Å². The van der Waals surface area contributed by atoms with Crippen molar-refractivity contribution >= 4 is 11.5 Å². The lowest BCUT2D eigenvalue weighted by atomic mass is 10.1. The van der Waals surface area contributed by atoms with Crippen LogP contribution in [0.2, 0.25) is 0 Å². The molecule has 0 radical (unpaired) electrons. The number of hydrogen-bond acceptors (Lipinski definition) is 4. The van der Waals surface area contributed by atoms with Crippen LogP contribution in [-0.2, 0) is 19.4 Å². The molecule has 2 heterocycles. The van der Waals surface area contributed by atoms with E-state index in [9.17, 15) is 4.79 Å². The molecule has 0 atom stereocenters. The Labute approximate surface area is 167 Å². The molecule has 0 saturated carbocycles. The van der Waals surface area contributed by atoms with Gasteiger partial charge in [-0.2, -0.15) is 5.10 Å². The maximum atomic E-state index is 11.9. The van der Waals surface area contributed by atoms with Gasteiger partial charge in [-0.05, 0) is 50.3 Å². The van der Waals surface area contributed by atoms with Gasteiger partial charge in [0.25, 0.3) is 0 Å². The minimum absolute atomic E-state index is 0.0738. The molecule has 0 amide bonds. The largest absolute Gasteiger partial charge is 0.370 e. The summed E-state index contributed by atoms with van der Waals surface area (Å²) in [5, 5.41) is 4.62. The molecule has 2 aromatic rings. The second-order valence-electron chi connectivity index (χ2n) is 8.10. The lowest BCUT2D eigenvalue weighted by Crippen LogP contribution is -2.46. The number of carbonyl (C=O) groups excluding carboxylic acids is 1. The number of aromatic nitrogens is 2. The molecular formula is C23H30N4O. The van der Waals surface area contributed by atoms with E-state index in [0.29, 0.717) is 12.2 Å². The van der Waals surface area contributed by atoms with Crippen LogP contribution in [0.4, 0.5) is 5.69 Å². The summed E-state index contributed by atoms with van der Waals surface area (Å²) in [4.78, 5) is 16.8. The first-order valence-corrected chi connectivity index (χ1v) is 10.3. The average molecular weight is 379 g/mol. The number of piperazine rings is 1. The number of benzene rings is 1. The minimum atomic E-state index is 0.0738. The van der Waals surface area contributed by atoms with Gasteiger partial charge in [0, 0.05) is 55.7 Å². The molecular weight excluding hydrogens is 348 g/mol. The van der Waals surface area contributed by atoms with Gasteiger partial charge in [-0.1, -0.05) is 18.7 Å². The monoisotopic (exact) mass is 378 g/mol. The van der Waals surface area contributed by atoms with Crippen molar-refractivity contribution in [3.8, 4) is 0 Å². The molecule has 28 heavy (non-hydrogen) atoms.